The Morgan fingerprint density at radius 2 is 2.11 bits per heavy atom. The molecule has 3 aromatic rings. The molecule has 27 heavy (non-hydrogen) atoms. The molecular formula is C21H19N3O3. The molecule has 3 heterocycles. The number of rotatable bonds is 3. The van der Waals surface area contributed by atoms with E-state index in [0.717, 1.165) is 22.6 Å². The van der Waals surface area contributed by atoms with Crippen LogP contribution in [0.15, 0.2) is 53.2 Å². The molecule has 4 rings (SSSR count). The predicted molar refractivity (Wildman–Crippen MR) is 102 cm³/mol. The Balaban J connectivity index is 1.63. The lowest BCUT2D eigenvalue weighted by atomic mass is 9.88. The second-order valence-corrected chi connectivity index (χ2v) is 6.69. The molecule has 1 unspecified atom stereocenters. The van der Waals surface area contributed by atoms with Crippen LogP contribution in [0.5, 0.6) is 0 Å². The molecule has 0 radical (unpaired) electrons. The number of fused-ring (bicyclic) bond motifs is 1. The van der Waals surface area contributed by atoms with Crippen LogP contribution in [0.2, 0.25) is 0 Å². The zero-order chi connectivity index (χ0) is 19.0. The first kappa shape index (κ1) is 17.0. The van der Waals surface area contributed by atoms with Crippen LogP contribution in [0, 0.1) is 13.8 Å². The van der Waals surface area contributed by atoms with Crippen molar-refractivity contribution in [1.29, 1.82) is 0 Å². The highest BCUT2D eigenvalue weighted by molar-refractivity contribution is 6.04. The van der Waals surface area contributed by atoms with Gasteiger partial charge in [-0.3, -0.25) is 14.6 Å². The molecule has 2 N–H and O–H groups in total. The van der Waals surface area contributed by atoms with Crippen LogP contribution in [-0.4, -0.2) is 16.8 Å². The van der Waals surface area contributed by atoms with Gasteiger partial charge >= 0.3 is 0 Å². The Labute approximate surface area is 156 Å². The first-order valence-corrected chi connectivity index (χ1v) is 8.73. The van der Waals surface area contributed by atoms with Gasteiger partial charge in [0, 0.05) is 30.2 Å². The summed E-state index contributed by atoms with van der Waals surface area (Å²) in [6.07, 6.45) is 3.46. The number of nitrogens with zero attached hydrogens (tertiary/aromatic N) is 1. The molecule has 0 fully saturated rings. The fourth-order valence-corrected chi connectivity index (χ4v) is 3.27. The maximum absolute atomic E-state index is 12.3. The highest BCUT2D eigenvalue weighted by Crippen LogP contribution is 2.39. The molecule has 2 amide bonds. The Morgan fingerprint density at radius 1 is 1.26 bits per heavy atom. The van der Waals surface area contributed by atoms with Crippen molar-refractivity contribution in [2.45, 2.75) is 26.2 Å². The van der Waals surface area contributed by atoms with Gasteiger partial charge in [0.05, 0.1) is 11.5 Å². The minimum atomic E-state index is -0.251. The molecule has 0 bridgehead atoms. The van der Waals surface area contributed by atoms with Crippen molar-refractivity contribution in [3.05, 3.63) is 77.0 Å². The highest BCUT2D eigenvalue weighted by Gasteiger charge is 2.29. The standard InChI is InChI=1S/C21H19N3O3/c1-12-8-19(27-13(12)2)17-10-20(25)24-18-9-15(5-6-16(17)18)23-21(26)14-4-3-7-22-11-14/h3-9,11,17H,10H2,1-2H3,(H,23,26)(H,24,25). The van der Waals surface area contributed by atoms with Crippen molar-refractivity contribution in [2.24, 2.45) is 0 Å². The van der Waals surface area contributed by atoms with Gasteiger partial charge in [0.25, 0.3) is 5.91 Å². The van der Waals surface area contributed by atoms with Crippen LogP contribution in [0.4, 0.5) is 11.4 Å². The number of benzene rings is 1. The number of furan rings is 1. The lowest BCUT2D eigenvalue weighted by Gasteiger charge is -2.25. The third-order valence-corrected chi connectivity index (χ3v) is 4.80. The summed E-state index contributed by atoms with van der Waals surface area (Å²) >= 11 is 0. The Hall–Kier alpha value is -3.41. The highest BCUT2D eigenvalue weighted by atomic mass is 16.3. The number of hydrogen-bond acceptors (Lipinski definition) is 4. The molecule has 0 saturated heterocycles. The number of carbonyl (C=O) groups is 2. The van der Waals surface area contributed by atoms with Gasteiger partial charge in [0.1, 0.15) is 11.5 Å². The van der Waals surface area contributed by atoms with E-state index in [2.05, 4.69) is 15.6 Å². The zero-order valence-corrected chi connectivity index (χ0v) is 15.1. The van der Waals surface area contributed by atoms with Crippen molar-refractivity contribution < 1.29 is 14.0 Å². The van der Waals surface area contributed by atoms with E-state index in [-0.39, 0.29) is 17.7 Å². The zero-order valence-electron chi connectivity index (χ0n) is 15.1. The van der Waals surface area contributed by atoms with E-state index in [1.807, 2.05) is 32.0 Å². The largest absolute Gasteiger partial charge is 0.465 e. The lowest BCUT2D eigenvalue weighted by Crippen LogP contribution is -2.23. The number of carbonyl (C=O) groups excluding carboxylic acids is 2. The number of pyridine rings is 1. The summed E-state index contributed by atoms with van der Waals surface area (Å²) in [5.41, 5.74) is 3.81. The molecule has 1 atom stereocenters. The molecule has 0 spiro atoms. The van der Waals surface area contributed by atoms with Crippen LogP contribution in [0.25, 0.3) is 0 Å². The van der Waals surface area contributed by atoms with Gasteiger partial charge in [0.2, 0.25) is 5.91 Å². The fraction of sp³-hybridized carbons (Fsp3) is 0.190. The van der Waals surface area contributed by atoms with Gasteiger partial charge in [-0.15, -0.1) is 0 Å². The van der Waals surface area contributed by atoms with E-state index < -0.39 is 0 Å². The smallest absolute Gasteiger partial charge is 0.257 e. The van der Waals surface area contributed by atoms with E-state index in [1.165, 1.54) is 6.20 Å². The van der Waals surface area contributed by atoms with Gasteiger partial charge in [-0.25, -0.2) is 0 Å². The van der Waals surface area contributed by atoms with Gasteiger partial charge in [-0.1, -0.05) is 6.07 Å². The van der Waals surface area contributed by atoms with Crippen LogP contribution in [0.1, 0.15) is 45.3 Å². The van der Waals surface area contributed by atoms with Crippen molar-refractivity contribution >= 4 is 23.2 Å². The van der Waals surface area contributed by atoms with E-state index in [9.17, 15) is 9.59 Å². The molecule has 1 aliphatic rings. The third-order valence-electron chi connectivity index (χ3n) is 4.80. The number of amides is 2. The number of anilines is 2. The Kier molecular flexibility index (Phi) is 4.24. The van der Waals surface area contributed by atoms with Gasteiger partial charge in [-0.05, 0) is 55.3 Å². The lowest BCUT2D eigenvalue weighted by molar-refractivity contribution is -0.116. The van der Waals surface area contributed by atoms with Crippen LogP contribution in [0.3, 0.4) is 0 Å². The molecule has 6 heteroatoms. The molecule has 1 aromatic carbocycles. The van der Waals surface area contributed by atoms with Gasteiger partial charge in [-0.2, -0.15) is 0 Å². The quantitative estimate of drug-likeness (QED) is 0.738. The normalized spacial score (nSPS) is 15.8. The Bertz CT molecular complexity index is 1000. The van der Waals surface area contributed by atoms with E-state index in [4.69, 9.17) is 4.42 Å². The fourth-order valence-electron chi connectivity index (χ4n) is 3.27. The molecule has 1 aliphatic heterocycles. The number of nitrogens with one attached hydrogen (secondary N) is 2. The minimum Gasteiger partial charge on any atom is -0.465 e. The second-order valence-electron chi connectivity index (χ2n) is 6.69. The summed E-state index contributed by atoms with van der Waals surface area (Å²) in [5, 5.41) is 5.73. The Morgan fingerprint density at radius 3 is 2.81 bits per heavy atom. The van der Waals surface area contributed by atoms with Crippen LogP contribution in [-0.2, 0) is 4.79 Å². The van der Waals surface area contributed by atoms with Crippen molar-refractivity contribution in [3.8, 4) is 0 Å². The molecule has 136 valence electrons. The molecule has 2 aromatic heterocycles. The molecular weight excluding hydrogens is 342 g/mol. The van der Waals surface area contributed by atoms with Crippen molar-refractivity contribution in [3.63, 3.8) is 0 Å². The van der Waals surface area contributed by atoms with E-state index in [1.54, 1.807) is 24.4 Å². The summed E-state index contributed by atoms with van der Waals surface area (Å²) in [7, 11) is 0. The summed E-state index contributed by atoms with van der Waals surface area (Å²) in [6.45, 7) is 3.91. The average molecular weight is 361 g/mol. The van der Waals surface area contributed by atoms with Crippen molar-refractivity contribution in [2.75, 3.05) is 10.6 Å². The number of aromatic nitrogens is 1. The minimum absolute atomic E-state index is 0.0741. The predicted octanol–water partition coefficient (Wildman–Crippen LogP) is 4.02. The molecule has 0 saturated carbocycles. The summed E-state index contributed by atoms with van der Waals surface area (Å²) in [5.74, 6) is 1.18. The van der Waals surface area contributed by atoms with E-state index in [0.29, 0.717) is 23.4 Å². The first-order valence-electron chi connectivity index (χ1n) is 8.73. The van der Waals surface area contributed by atoms with Gasteiger partial charge < -0.3 is 15.1 Å². The molecule has 6 nitrogen and oxygen atoms in total. The topological polar surface area (TPSA) is 84.2 Å². The van der Waals surface area contributed by atoms with Crippen LogP contribution >= 0.6 is 0 Å². The van der Waals surface area contributed by atoms with Crippen LogP contribution < -0.4 is 10.6 Å². The monoisotopic (exact) mass is 361 g/mol. The van der Waals surface area contributed by atoms with E-state index >= 15 is 0 Å². The maximum Gasteiger partial charge on any atom is 0.257 e. The third kappa shape index (κ3) is 3.33. The summed E-state index contributed by atoms with van der Waals surface area (Å²) in [4.78, 5) is 28.5. The summed E-state index contributed by atoms with van der Waals surface area (Å²) in [6, 6.07) is 10.9. The number of hydrogen-bond donors (Lipinski definition) is 2. The first-order chi connectivity index (χ1) is 13.0. The second kappa shape index (κ2) is 6.72. The molecule has 0 aliphatic carbocycles. The van der Waals surface area contributed by atoms with Crippen molar-refractivity contribution in [1.82, 2.24) is 4.98 Å². The summed E-state index contributed by atoms with van der Waals surface area (Å²) < 4.78 is 5.85. The SMILES string of the molecule is Cc1cc(C2CC(=O)Nc3cc(NC(=O)c4cccnc4)ccc32)oc1C. The maximum atomic E-state index is 12.3. The average Bonchev–Trinajstić information content (AvgIpc) is 3.00. The van der Waals surface area contributed by atoms with Gasteiger partial charge in [0.15, 0.2) is 0 Å². The number of aryl methyl sites for hydroxylation is 2.